The van der Waals surface area contributed by atoms with Crippen LogP contribution >= 0.6 is 0 Å². The Hall–Kier alpha value is -2.48. The van der Waals surface area contributed by atoms with Crippen LogP contribution in [0.2, 0.25) is 0 Å². The lowest BCUT2D eigenvalue weighted by Crippen LogP contribution is -2.36. The lowest BCUT2D eigenvalue weighted by molar-refractivity contribution is 0.0725. The highest BCUT2D eigenvalue weighted by Crippen LogP contribution is 2.23. The van der Waals surface area contributed by atoms with Crippen molar-refractivity contribution in [2.75, 3.05) is 17.8 Å². The van der Waals surface area contributed by atoms with E-state index in [1.807, 2.05) is 0 Å². The molecule has 0 unspecified atom stereocenters. The topological polar surface area (TPSA) is 66.5 Å². The van der Waals surface area contributed by atoms with Gasteiger partial charge in [-0.3, -0.25) is 9.52 Å². The van der Waals surface area contributed by atoms with E-state index in [2.05, 4.69) is 4.72 Å². The van der Waals surface area contributed by atoms with Crippen molar-refractivity contribution in [3.63, 3.8) is 0 Å². The van der Waals surface area contributed by atoms with Gasteiger partial charge in [0.1, 0.15) is 0 Å². The van der Waals surface area contributed by atoms with Crippen LogP contribution < -0.4 is 4.72 Å². The number of rotatable bonds is 4. The average molecular weight is 380 g/mol. The summed E-state index contributed by atoms with van der Waals surface area (Å²) < 4.78 is 53.7. The van der Waals surface area contributed by atoms with Gasteiger partial charge >= 0.3 is 0 Å². The molecule has 1 amide bonds. The maximum absolute atomic E-state index is 13.4. The van der Waals surface area contributed by atoms with Crippen LogP contribution in [0.4, 0.5) is 14.5 Å². The minimum Gasteiger partial charge on any atom is -0.339 e. The van der Waals surface area contributed by atoms with Crippen molar-refractivity contribution in [1.29, 1.82) is 0 Å². The molecule has 0 radical (unpaired) electrons. The number of amides is 1. The Kier molecular flexibility index (Phi) is 5.22. The summed E-state index contributed by atoms with van der Waals surface area (Å²) in [5, 5.41) is 0. The van der Waals surface area contributed by atoms with Gasteiger partial charge < -0.3 is 4.90 Å². The first-order valence-corrected chi connectivity index (χ1v) is 9.73. The Morgan fingerprint density at radius 1 is 0.962 bits per heavy atom. The van der Waals surface area contributed by atoms with Crippen LogP contribution in [0.1, 0.15) is 29.6 Å². The number of nitrogens with zero attached hydrogens (tertiary/aromatic N) is 1. The van der Waals surface area contributed by atoms with Gasteiger partial charge in [0.25, 0.3) is 15.9 Å². The Bertz CT molecular complexity index is 926. The molecule has 0 atom stereocenters. The largest absolute Gasteiger partial charge is 0.339 e. The average Bonchev–Trinajstić information content (AvgIpc) is 2.64. The summed E-state index contributed by atoms with van der Waals surface area (Å²) in [5.74, 6) is -2.65. The number of carbonyl (C=O) groups is 1. The van der Waals surface area contributed by atoms with Crippen molar-refractivity contribution >= 4 is 21.6 Å². The zero-order chi connectivity index (χ0) is 18.7. The number of carbonyl (C=O) groups excluding carboxylic acids is 1. The third kappa shape index (κ3) is 3.85. The van der Waals surface area contributed by atoms with Gasteiger partial charge in [-0.15, -0.1) is 0 Å². The molecule has 8 heteroatoms. The fraction of sp³-hybridized carbons (Fsp3) is 0.278. The molecule has 1 aliphatic rings. The summed E-state index contributed by atoms with van der Waals surface area (Å²) in [6.07, 6.45) is 2.89. The van der Waals surface area contributed by atoms with Crippen LogP contribution in [-0.4, -0.2) is 32.3 Å². The van der Waals surface area contributed by atoms with E-state index in [4.69, 9.17) is 0 Å². The zero-order valence-electron chi connectivity index (χ0n) is 13.9. The molecule has 0 spiro atoms. The molecule has 5 nitrogen and oxygen atoms in total. The molecule has 0 aliphatic carbocycles. The van der Waals surface area contributed by atoms with Gasteiger partial charge in [-0.05, 0) is 49.6 Å². The molecule has 2 aromatic carbocycles. The Balaban J connectivity index is 1.90. The van der Waals surface area contributed by atoms with Crippen molar-refractivity contribution in [2.24, 2.45) is 0 Å². The van der Waals surface area contributed by atoms with E-state index in [1.54, 1.807) is 23.1 Å². The van der Waals surface area contributed by atoms with E-state index in [1.165, 1.54) is 6.07 Å². The second-order valence-electron chi connectivity index (χ2n) is 6.08. The third-order valence-electron chi connectivity index (χ3n) is 4.25. The molecule has 0 aromatic heterocycles. The van der Waals surface area contributed by atoms with Crippen molar-refractivity contribution in [3.8, 4) is 0 Å². The minimum absolute atomic E-state index is 0.104. The van der Waals surface area contributed by atoms with Crippen LogP contribution in [0, 0.1) is 11.6 Å². The van der Waals surface area contributed by atoms with E-state index in [0.29, 0.717) is 19.2 Å². The molecule has 0 bridgehead atoms. The number of halogens is 2. The van der Waals surface area contributed by atoms with Crippen LogP contribution in [-0.2, 0) is 10.0 Å². The first-order valence-electron chi connectivity index (χ1n) is 8.25. The summed E-state index contributed by atoms with van der Waals surface area (Å²) in [6.45, 7) is 1.26. The quantitative estimate of drug-likeness (QED) is 0.884. The van der Waals surface area contributed by atoms with Gasteiger partial charge in [0.15, 0.2) is 11.6 Å². The fourth-order valence-corrected chi connectivity index (χ4v) is 3.96. The highest BCUT2D eigenvalue weighted by Gasteiger charge is 2.23. The van der Waals surface area contributed by atoms with Gasteiger partial charge in [0.05, 0.1) is 16.1 Å². The van der Waals surface area contributed by atoms with Crippen molar-refractivity contribution < 1.29 is 22.0 Å². The predicted molar refractivity (Wildman–Crippen MR) is 93.4 cm³/mol. The van der Waals surface area contributed by atoms with Gasteiger partial charge in [-0.25, -0.2) is 17.2 Å². The fourth-order valence-electron chi connectivity index (χ4n) is 2.87. The maximum atomic E-state index is 13.4. The van der Waals surface area contributed by atoms with Crippen molar-refractivity contribution in [1.82, 2.24) is 4.90 Å². The number of likely N-dealkylation sites (tertiary alicyclic amines) is 1. The molecular formula is C18H18F2N2O3S. The van der Waals surface area contributed by atoms with Gasteiger partial charge in [-0.2, -0.15) is 0 Å². The van der Waals surface area contributed by atoms with Crippen LogP contribution in [0.5, 0.6) is 0 Å². The number of anilines is 1. The SMILES string of the molecule is O=C(c1ccccc1NS(=O)(=O)c1ccc(F)c(F)c1)N1CCCCC1. The predicted octanol–water partition coefficient (Wildman–Crippen LogP) is 3.39. The lowest BCUT2D eigenvalue weighted by Gasteiger charge is -2.27. The van der Waals surface area contributed by atoms with Crippen LogP contribution in [0.15, 0.2) is 47.4 Å². The molecule has 1 N–H and O–H groups in total. The molecular weight excluding hydrogens is 362 g/mol. The molecule has 1 fully saturated rings. The standard InChI is InChI=1S/C18H18F2N2O3S/c19-15-9-8-13(12-16(15)20)26(24,25)21-17-7-3-2-6-14(17)18(23)22-10-4-1-5-11-22/h2-3,6-9,12,21H,1,4-5,10-11H2. The highest BCUT2D eigenvalue weighted by molar-refractivity contribution is 7.92. The number of piperidine rings is 1. The zero-order valence-corrected chi connectivity index (χ0v) is 14.7. The smallest absolute Gasteiger partial charge is 0.262 e. The number of benzene rings is 2. The first-order chi connectivity index (χ1) is 12.4. The number of hydrogen-bond acceptors (Lipinski definition) is 3. The second-order valence-corrected chi connectivity index (χ2v) is 7.76. The molecule has 1 saturated heterocycles. The van der Waals surface area contributed by atoms with E-state index < -0.39 is 26.6 Å². The molecule has 3 rings (SSSR count). The number of para-hydroxylation sites is 1. The molecule has 1 heterocycles. The Morgan fingerprint density at radius 2 is 1.65 bits per heavy atom. The minimum atomic E-state index is -4.17. The Labute approximate surface area is 150 Å². The first kappa shape index (κ1) is 18.3. The van der Waals surface area contributed by atoms with Crippen molar-refractivity contribution in [2.45, 2.75) is 24.2 Å². The third-order valence-corrected chi connectivity index (χ3v) is 5.61. The number of sulfonamides is 1. The van der Waals surface area contributed by atoms with E-state index >= 15 is 0 Å². The summed E-state index contributed by atoms with van der Waals surface area (Å²) in [6, 6.07) is 8.56. The monoisotopic (exact) mass is 380 g/mol. The van der Waals surface area contributed by atoms with Gasteiger partial charge in [-0.1, -0.05) is 12.1 Å². The molecule has 0 saturated carbocycles. The summed E-state index contributed by atoms with van der Waals surface area (Å²) >= 11 is 0. The summed E-state index contributed by atoms with van der Waals surface area (Å²) in [4.78, 5) is 14.0. The number of hydrogen-bond donors (Lipinski definition) is 1. The molecule has 138 valence electrons. The van der Waals surface area contributed by atoms with Gasteiger partial charge in [0, 0.05) is 13.1 Å². The van der Waals surface area contributed by atoms with Crippen molar-refractivity contribution in [3.05, 3.63) is 59.7 Å². The van der Waals surface area contributed by atoms with E-state index in [9.17, 15) is 22.0 Å². The second kappa shape index (κ2) is 7.41. The molecule has 1 aliphatic heterocycles. The summed E-state index contributed by atoms with van der Waals surface area (Å²) in [5.41, 5.74) is 0.327. The highest BCUT2D eigenvalue weighted by atomic mass is 32.2. The van der Waals surface area contributed by atoms with E-state index in [0.717, 1.165) is 31.4 Å². The molecule has 26 heavy (non-hydrogen) atoms. The van der Waals surface area contributed by atoms with Crippen LogP contribution in [0.3, 0.4) is 0 Å². The Morgan fingerprint density at radius 3 is 2.35 bits per heavy atom. The molecule has 2 aromatic rings. The maximum Gasteiger partial charge on any atom is 0.262 e. The normalized spacial score (nSPS) is 14.9. The van der Waals surface area contributed by atoms with Gasteiger partial charge in [0.2, 0.25) is 0 Å². The lowest BCUT2D eigenvalue weighted by atomic mass is 10.1. The number of nitrogens with one attached hydrogen (secondary N) is 1. The summed E-state index contributed by atoms with van der Waals surface area (Å²) in [7, 11) is -4.17. The van der Waals surface area contributed by atoms with E-state index in [-0.39, 0.29) is 17.2 Å². The van der Waals surface area contributed by atoms with Crippen LogP contribution in [0.25, 0.3) is 0 Å².